The summed E-state index contributed by atoms with van der Waals surface area (Å²) in [6.45, 7) is 4.10. The van der Waals surface area contributed by atoms with Crippen LogP contribution < -0.4 is 10.2 Å². The molecule has 0 bridgehead atoms. The largest absolute Gasteiger partial charge is 0.352 e. The third-order valence-corrected chi connectivity index (χ3v) is 8.26. The van der Waals surface area contributed by atoms with E-state index in [0.717, 1.165) is 52.0 Å². The van der Waals surface area contributed by atoms with Crippen LogP contribution in [0.25, 0.3) is 16.9 Å². The van der Waals surface area contributed by atoms with E-state index in [2.05, 4.69) is 48.6 Å². The molecule has 0 saturated heterocycles. The number of carbonyl (C=O) groups is 2. The number of hydrogen-bond acceptors (Lipinski definition) is 4. The summed E-state index contributed by atoms with van der Waals surface area (Å²) < 4.78 is 1.86. The lowest BCUT2D eigenvalue weighted by atomic mass is 9.98. The highest BCUT2D eigenvalue weighted by Crippen LogP contribution is 2.48. The van der Waals surface area contributed by atoms with Gasteiger partial charge in [0, 0.05) is 17.2 Å². The van der Waals surface area contributed by atoms with Crippen molar-refractivity contribution in [1.29, 1.82) is 0 Å². The molecule has 3 aromatic carbocycles. The van der Waals surface area contributed by atoms with Crippen LogP contribution in [0.1, 0.15) is 40.3 Å². The molecular formula is C31H30N4O2S. The molecule has 1 aromatic heterocycles. The minimum atomic E-state index is -0.135. The third kappa shape index (κ3) is 4.86. The Morgan fingerprint density at radius 1 is 0.974 bits per heavy atom. The van der Waals surface area contributed by atoms with Crippen molar-refractivity contribution in [3.05, 3.63) is 101 Å². The first-order valence-corrected chi connectivity index (χ1v) is 14.1. The molecule has 0 radical (unpaired) electrons. The summed E-state index contributed by atoms with van der Waals surface area (Å²) in [6.07, 6.45) is 1.99. The maximum atomic E-state index is 13.7. The standard InChI is InChI=1S/C31H30N4O2S/c1-20-11-15-25(16-12-20)35-31-28(29(33-35)22-8-4-3-5-9-22)30(23-10-6-7-21(2)17-23)38-19-27(37)34(31)18-26(36)32-24-13-14-24/h3-12,15-17,24,30H,13-14,18-19H2,1-2H3,(H,32,36). The Morgan fingerprint density at radius 2 is 1.74 bits per heavy atom. The zero-order valence-electron chi connectivity index (χ0n) is 21.6. The van der Waals surface area contributed by atoms with Crippen molar-refractivity contribution >= 4 is 29.4 Å². The topological polar surface area (TPSA) is 67.2 Å². The molecule has 1 fully saturated rings. The Hall–Kier alpha value is -3.84. The smallest absolute Gasteiger partial charge is 0.240 e. The molecule has 1 atom stereocenters. The molecule has 2 amide bonds. The van der Waals surface area contributed by atoms with E-state index >= 15 is 0 Å². The van der Waals surface area contributed by atoms with Gasteiger partial charge in [-0.1, -0.05) is 77.9 Å². The van der Waals surface area contributed by atoms with Crippen LogP contribution in [-0.2, 0) is 9.59 Å². The Kier molecular flexibility index (Phi) is 6.54. The van der Waals surface area contributed by atoms with Crippen LogP contribution in [0.3, 0.4) is 0 Å². The van der Waals surface area contributed by atoms with Gasteiger partial charge in [0.25, 0.3) is 0 Å². The molecule has 4 aromatic rings. The monoisotopic (exact) mass is 522 g/mol. The second-order valence-corrected chi connectivity index (χ2v) is 11.2. The number of nitrogens with zero attached hydrogens (tertiary/aromatic N) is 3. The second-order valence-electron chi connectivity index (χ2n) is 10.1. The van der Waals surface area contributed by atoms with Crippen molar-refractivity contribution in [2.45, 2.75) is 38.0 Å². The minimum absolute atomic E-state index is 0.0325. The fourth-order valence-electron chi connectivity index (χ4n) is 4.94. The van der Waals surface area contributed by atoms with Crippen LogP contribution in [0.4, 0.5) is 5.82 Å². The van der Waals surface area contributed by atoms with Gasteiger partial charge in [-0.3, -0.25) is 14.5 Å². The van der Waals surface area contributed by atoms with E-state index in [9.17, 15) is 9.59 Å². The van der Waals surface area contributed by atoms with Crippen LogP contribution in [0.15, 0.2) is 78.9 Å². The van der Waals surface area contributed by atoms with E-state index in [-0.39, 0.29) is 35.4 Å². The lowest BCUT2D eigenvalue weighted by Gasteiger charge is -2.23. The number of fused-ring (bicyclic) bond motifs is 1. The van der Waals surface area contributed by atoms with E-state index in [1.165, 1.54) is 0 Å². The summed E-state index contributed by atoms with van der Waals surface area (Å²) in [7, 11) is 0. The van der Waals surface area contributed by atoms with Crippen molar-refractivity contribution in [3.8, 4) is 16.9 Å². The third-order valence-electron chi connectivity index (χ3n) is 7.00. The van der Waals surface area contributed by atoms with Crippen molar-refractivity contribution in [3.63, 3.8) is 0 Å². The van der Waals surface area contributed by atoms with E-state index in [1.807, 2.05) is 54.1 Å². The predicted molar refractivity (Wildman–Crippen MR) is 153 cm³/mol. The Morgan fingerprint density at radius 3 is 2.45 bits per heavy atom. The highest BCUT2D eigenvalue weighted by molar-refractivity contribution is 8.00. The van der Waals surface area contributed by atoms with Gasteiger partial charge in [-0.05, 0) is 44.4 Å². The first-order valence-electron chi connectivity index (χ1n) is 13.0. The number of amides is 2. The summed E-state index contributed by atoms with van der Waals surface area (Å²) in [5.74, 6) is 0.709. The zero-order valence-corrected chi connectivity index (χ0v) is 22.4. The number of nitrogens with one attached hydrogen (secondary N) is 1. The van der Waals surface area contributed by atoms with Gasteiger partial charge in [0.15, 0.2) is 0 Å². The first kappa shape index (κ1) is 24.5. The van der Waals surface area contributed by atoms with Crippen molar-refractivity contribution in [1.82, 2.24) is 15.1 Å². The molecule has 2 aliphatic rings. The van der Waals surface area contributed by atoms with Crippen LogP contribution in [0.2, 0.25) is 0 Å². The molecule has 192 valence electrons. The molecule has 6 rings (SSSR count). The lowest BCUT2D eigenvalue weighted by Crippen LogP contribution is -2.43. The predicted octanol–water partition coefficient (Wildman–Crippen LogP) is 5.60. The quantitative estimate of drug-likeness (QED) is 0.358. The normalized spacial score (nSPS) is 17.2. The molecule has 2 heterocycles. The molecule has 1 saturated carbocycles. The molecule has 7 heteroatoms. The second kappa shape index (κ2) is 10.1. The van der Waals surface area contributed by atoms with Crippen molar-refractivity contribution in [2.24, 2.45) is 0 Å². The van der Waals surface area contributed by atoms with Gasteiger partial charge in [-0.25, -0.2) is 4.68 Å². The number of aromatic nitrogens is 2. The molecule has 1 unspecified atom stereocenters. The van der Waals surface area contributed by atoms with Crippen molar-refractivity contribution < 1.29 is 9.59 Å². The number of benzene rings is 3. The van der Waals surface area contributed by atoms with E-state index in [0.29, 0.717) is 5.82 Å². The number of thioether (sulfide) groups is 1. The first-order chi connectivity index (χ1) is 18.5. The number of anilines is 1. The molecule has 6 nitrogen and oxygen atoms in total. The number of hydrogen-bond donors (Lipinski definition) is 1. The lowest BCUT2D eigenvalue weighted by molar-refractivity contribution is -0.123. The van der Waals surface area contributed by atoms with E-state index in [1.54, 1.807) is 16.7 Å². The van der Waals surface area contributed by atoms with Crippen LogP contribution >= 0.6 is 11.8 Å². The number of carbonyl (C=O) groups excluding carboxylic acids is 2. The van der Waals surface area contributed by atoms with E-state index in [4.69, 9.17) is 5.10 Å². The Bertz CT molecular complexity index is 1490. The Labute approximate surface area is 227 Å². The van der Waals surface area contributed by atoms with E-state index < -0.39 is 0 Å². The summed E-state index contributed by atoms with van der Waals surface area (Å²) >= 11 is 1.60. The highest BCUT2D eigenvalue weighted by Gasteiger charge is 2.38. The minimum Gasteiger partial charge on any atom is -0.352 e. The SMILES string of the molecule is Cc1ccc(-n2nc(-c3ccccc3)c3c2N(CC(=O)NC2CC2)C(=O)CSC3c2cccc(C)c2)cc1. The van der Waals surface area contributed by atoms with Crippen LogP contribution in [-0.4, -0.2) is 39.9 Å². The van der Waals surface area contributed by atoms with Gasteiger partial charge in [0.1, 0.15) is 12.4 Å². The summed E-state index contributed by atoms with van der Waals surface area (Å²) in [5.41, 5.74) is 7.02. The summed E-state index contributed by atoms with van der Waals surface area (Å²) in [6, 6.07) is 26.9. The van der Waals surface area contributed by atoms with Gasteiger partial charge in [0.2, 0.25) is 11.8 Å². The maximum Gasteiger partial charge on any atom is 0.240 e. The average Bonchev–Trinajstić information content (AvgIpc) is 3.67. The van der Waals surface area contributed by atoms with Gasteiger partial charge in [0.05, 0.1) is 22.4 Å². The molecule has 1 N–H and O–H groups in total. The number of rotatable bonds is 6. The summed E-state index contributed by atoms with van der Waals surface area (Å²) in [4.78, 5) is 28.4. The van der Waals surface area contributed by atoms with Crippen molar-refractivity contribution in [2.75, 3.05) is 17.2 Å². The molecule has 38 heavy (non-hydrogen) atoms. The zero-order chi connectivity index (χ0) is 26.2. The highest BCUT2D eigenvalue weighted by atomic mass is 32.2. The maximum absolute atomic E-state index is 13.7. The fourth-order valence-corrected chi connectivity index (χ4v) is 6.12. The summed E-state index contributed by atoms with van der Waals surface area (Å²) in [5, 5.41) is 8.08. The molecular weight excluding hydrogens is 492 g/mol. The van der Waals surface area contributed by atoms with Gasteiger partial charge in [-0.2, -0.15) is 5.10 Å². The number of aryl methyl sites for hydroxylation is 2. The van der Waals surface area contributed by atoms with Gasteiger partial charge < -0.3 is 5.32 Å². The van der Waals surface area contributed by atoms with Gasteiger partial charge >= 0.3 is 0 Å². The Balaban J connectivity index is 1.60. The molecule has 0 spiro atoms. The van der Waals surface area contributed by atoms with Crippen LogP contribution in [0, 0.1) is 13.8 Å². The molecule has 1 aliphatic carbocycles. The molecule has 1 aliphatic heterocycles. The average molecular weight is 523 g/mol. The van der Waals surface area contributed by atoms with Crippen LogP contribution in [0.5, 0.6) is 0 Å². The fraction of sp³-hybridized carbons (Fsp3) is 0.258. The van der Waals surface area contributed by atoms with Gasteiger partial charge in [-0.15, -0.1) is 11.8 Å².